The summed E-state index contributed by atoms with van der Waals surface area (Å²) in [4.78, 5) is 10.6. The van der Waals surface area contributed by atoms with E-state index in [2.05, 4.69) is 11.4 Å². The molecular weight excluding hydrogens is 176 g/mol. The van der Waals surface area contributed by atoms with Crippen LogP contribution in [0.5, 0.6) is 0 Å². The van der Waals surface area contributed by atoms with E-state index in [-0.39, 0.29) is 0 Å². The zero-order chi connectivity index (χ0) is 9.54. The molecule has 0 radical (unpaired) electrons. The second-order valence-electron chi connectivity index (χ2n) is 4.10. The van der Waals surface area contributed by atoms with E-state index >= 15 is 0 Å². The van der Waals surface area contributed by atoms with Crippen LogP contribution in [0.3, 0.4) is 0 Å². The number of benzene rings is 1. The van der Waals surface area contributed by atoms with Gasteiger partial charge in [0.05, 0.1) is 17.5 Å². The maximum Gasteiger partial charge on any atom is 0.0664 e. The van der Waals surface area contributed by atoms with Crippen LogP contribution in [0.4, 0.5) is 5.69 Å². The first kappa shape index (κ1) is 7.97. The van der Waals surface area contributed by atoms with E-state index in [9.17, 15) is 4.91 Å². The van der Waals surface area contributed by atoms with Crippen molar-refractivity contribution in [3.05, 3.63) is 34.2 Å². The lowest BCUT2D eigenvalue weighted by Crippen LogP contribution is -2.14. The first-order valence-electron chi connectivity index (χ1n) is 5.13. The van der Waals surface area contributed by atoms with E-state index in [1.54, 1.807) is 5.01 Å². The van der Waals surface area contributed by atoms with E-state index in [0.29, 0.717) is 5.92 Å². The minimum Gasteiger partial charge on any atom is -0.228 e. The van der Waals surface area contributed by atoms with Gasteiger partial charge in [-0.15, -0.1) is 4.91 Å². The third kappa shape index (κ3) is 0.924. The molecule has 0 saturated heterocycles. The summed E-state index contributed by atoms with van der Waals surface area (Å²) in [5, 5.41) is 4.69. The highest BCUT2D eigenvalue weighted by molar-refractivity contribution is 5.63. The molecule has 2 aliphatic rings. The van der Waals surface area contributed by atoms with Crippen molar-refractivity contribution in [3.8, 4) is 0 Å². The Hall–Kier alpha value is -1.38. The zero-order valence-electron chi connectivity index (χ0n) is 7.94. The molecule has 72 valence electrons. The fraction of sp³-hybridized carbons (Fsp3) is 0.455. The maximum atomic E-state index is 10.6. The molecule has 3 heteroatoms. The van der Waals surface area contributed by atoms with Crippen LogP contribution >= 0.6 is 0 Å². The van der Waals surface area contributed by atoms with Crippen molar-refractivity contribution >= 4 is 5.69 Å². The average molecular weight is 188 g/mol. The number of nitrogens with zero attached hydrogens (tertiary/aromatic N) is 2. The van der Waals surface area contributed by atoms with Crippen molar-refractivity contribution in [1.82, 2.24) is 0 Å². The van der Waals surface area contributed by atoms with E-state index in [1.165, 1.54) is 24.0 Å². The van der Waals surface area contributed by atoms with Crippen molar-refractivity contribution in [3.63, 3.8) is 0 Å². The number of hydrogen-bond acceptors (Lipinski definition) is 2. The van der Waals surface area contributed by atoms with E-state index in [0.717, 1.165) is 18.7 Å². The van der Waals surface area contributed by atoms with Gasteiger partial charge in [0.15, 0.2) is 0 Å². The van der Waals surface area contributed by atoms with Crippen LogP contribution in [0.1, 0.15) is 29.9 Å². The van der Waals surface area contributed by atoms with Crippen LogP contribution in [0.15, 0.2) is 23.5 Å². The molecule has 1 aliphatic carbocycles. The minimum absolute atomic E-state index is 0.549. The lowest BCUT2D eigenvalue weighted by Gasteiger charge is -2.19. The summed E-state index contributed by atoms with van der Waals surface area (Å²) in [6.45, 7) is 0.788. The van der Waals surface area contributed by atoms with Gasteiger partial charge < -0.3 is 0 Å². The molecular formula is C11H12N2O. The normalized spacial score (nSPS) is 23.4. The summed E-state index contributed by atoms with van der Waals surface area (Å²) in [6, 6.07) is 6.21. The first-order valence-corrected chi connectivity index (χ1v) is 5.13. The van der Waals surface area contributed by atoms with Crippen molar-refractivity contribution in [1.29, 1.82) is 0 Å². The van der Waals surface area contributed by atoms with E-state index in [1.807, 2.05) is 12.1 Å². The molecule has 0 fully saturated rings. The van der Waals surface area contributed by atoms with Crippen molar-refractivity contribution < 1.29 is 0 Å². The number of aryl methyl sites for hydroxylation is 1. The second kappa shape index (κ2) is 2.80. The smallest absolute Gasteiger partial charge is 0.0664 e. The Bertz CT molecular complexity index is 389. The van der Waals surface area contributed by atoms with Gasteiger partial charge in [-0.25, -0.2) is 5.01 Å². The van der Waals surface area contributed by atoms with E-state index in [4.69, 9.17) is 0 Å². The van der Waals surface area contributed by atoms with Gasteiger partial charge in [0.1, 0.15) is 0 Å². The fourth-order valence-corrected chi connectivity index (χ4v) is 2.76. The topological polar surface area (TPSA) is 32.7 Å². The Morgan fingerprint density at radius 3 is 3.21 bits per heavy atom. The van der Waals surface area contributed by atoms with Gasteiger partial charge in [-0.3, -0.25) is 0 Å². The lowest BCUT2D eigenvalue weighted by atomic mass is 9.84. The molecule has 1 heterocycles. The van der Waals surface area contributed by atoms with Gasteiger partial charge in [0.25, 0.3) is 0 Å². The number of hydrogen-bond donors (Lipinski definition) is 0. The van der Waals surface area contributed by atoms with Crippen LogP contribution in [-0.2, 0) is 6.42 Å². The Labute approximate surface area is 82.7 Å². The SMILES string of the molecule is O=NN1CC2CCCc3cccc1c32. The first-order chi connectivity index (χ1) is 6.90. The van der Waals surface area contributed by atoms with Crippen LogP contribution < -0.4 is 5.01 Å². The summed E-state index contributed by atoms with van der Waals surface area (Å²) in [6.07, 6.45) is 3.61. The summed E-state index contributed by atoms with van der Waals surface area (Å²) in [5.41, 5.74) is 3.85. The van der Waals surface area contributed by atoms with Crippen LogP contribution in [0, 0.1) is 4.91 Å². The lowest BCUT2D eigenvalue weighted by molar-refractivity contribution is 0.575. The molecule has 0 bridgehead atoms. The van der Waals surface area contributed by atoms with Gasteiger partial charge in [-0.1, -0.05) is 12.1 Å². The molecule has 0 aromatic heterocycles. The number of nitroso groups, excluding NO2 is 1. The molecule has 1 aromatic carbocycles. The monoisotopic (exact) mass is 188 g/mol. The molecule has 0 amide bonds. The average Bonchev–Trinajstić information content (AvgIpc) is 2.60. The molecule has 1 aromatic rings. The maximum absolute atomic E-state index is 10.6. The highest BCUT2D eigenvalue weighted by Gasteiger charge is 2.33. The molecule has 3 rings (SSSR count). The zero-order valence-corrected chi connectivity index (χ0v) is 7.94. The van der Waals surface area contributed by atoms with Gasteiger partial charge in [-0.2, -0.15) is 0 Å². The highest BCUT2D eigenvalue weighted by atomic mass is 16.3. The van der Waals surface area contributed by atoms with Crippen molar-refractivity contribution in [2.75, 3.05) is 11.6 Å². The Morgan fingerprint density at radius 2 is 2.36 bits per heavy atom. The van der Waals surface area contributed by atoms with Gasteiger partial charge in [0, 0.05) is 5.92 Å². The van der Waals surface area contributed by atoms with Crippen molar-refractivity contribution in [2.24, 2.45) is 5.29 Å². The quantitative estimate of drug-likeness (QED) is 0.634. The van der Waals surface area contributed by atoms with Gasteiger partial charge in [0.2, 0.25) is 0 Å². The molecule has 3 nitrogen and oxygen atoms in total. The third-order valence-corrected chi connectivity index (χ3v) is 3.35. The van der Waals surface area contributed by atoms with Crippen LogP contribution in [0.2, 0.25) is 0 Å². The molecule has 1 unspecified atom stereocenters. The Kier molecular flexibility index (Phi) is 1.60. The largest absolute Gasteiger partial charge is 0.228 e. The molecule has 0 spiro atoms. The summed E-state index contributed by atoms with van der Waals surface area (Å²) in [7, 11) is 0. The molecule has 1 atom stereocenters. The second-order valence-corrected chi connectivity index (χ2v) is 4.10. The van der Waals surface area contributed by atoms with Gasteiger partial charge in [-0.05, 0) is 36.5 Å². The van der Waals surface area contributed by atoms with Crippen LogP contribution in [-0.4, -0.2) is 6.54 Å². The minimum atomic E-state index is 0.549. The van der Waals surface area contributed by atoms with Crippen LogP contribution in [0.25, 0.3) is 0 Å². The van der Waals surface area contributed by atoms with Gasteiger partial charge >= 0.3 is 0 Å². The Morgan fingerprint density at radius 1 is 1.43 bits per heavy atom. The highest BCUT2D eigenvalue weighted by Crippen LogP contribution is 2.44. The summed E-state index contributed by atoms with van der Waals surface area (Å²) >= 11 is 0. The molecule has 0 saturated carbocycles. The van der Waals surface area contributed by atoms with Crippen molar-refractivity contribution in [2.45, 2.75) is 25.2 Å². The molecule has 0 N–H and O–H groups in total. The predicted molar refractivity (Wildman–Crippen MR) is 55.3 cm³/mol. The Balaban J connectivity index is 2.19. The molecule has 1 aliphatic heterocycles. The predicted octanol–water partition coefficient (Wildman–Crippen LogP) is 2.61. The summed E-state index contributed by atoms with van der Waals surface area (Å²) < 4.78 is 0. The fourth-order valence-electron chi connectivity index (χ4n) is 2.76. The number of anilines is 1. The van der Waals surface area contributed by atoms with E-state index < -0.39 is 0 Å². The number of rotatable bonds is 1. The standard InChI is InChI=1S/C11H12N2O/c14-12-13-7-9-5-1-3-8-4-2-6-10(13)11(8)9/h2,4,6,9H,1,3,5,7H2. The summed E-state index contributed by atoms with van der Waals surface area (Å²) in [5.74, 6) is 0.549. The molecule has 14 heavy (non-hydrogen) atoms. The third-order valence-electron chi connectivity index (χ3n) is 3.35.